The smallest absolute Gasteiger partial charge is 0.307 e. The highest BCUT2D eigenvalue weighted by atomic mass is 19.1. The second kappa shape index (κ2) is 7.77. The molecule has 3 heterocycles. The summed E-state index contributed by atoms with van der Waals surface area (Å²) in [5, 5.41) is 6.20. The van der Waals surface area contributed by atoms with E-state index in [9.17, 15) is 14.0 Å². The lowest BCUT2D eigenvalue weighted by Crippen LogP contribution is -2.41. The van der Waals surface area contributed by atoms with Gasteiger partial charge in [0.2, 0.25) is 0 Å². The normalized spacial score (nSPS) is 15.8. The Balaban J connectivity index is 1.28. The Morgan fingerprint density at radius 1 is 1.06 bits per heavy atom. The van der Waals surface area contributed by atoms with Crippen LogP contribution in [-0.4, -0.2) is 43.9 Å². The van der Waals surface area contributed by atoms with Crippen LogP contribution in [0.3, 0.4) is 0 Å². The Morgan fingerprint density at radius 2 is 1.84 bits per heavy atom. The van der Waals surface area contributed by atoms with E-state index in [0.29, 0.717) is 29.9 Å². The Bertz CT molecular complexity index is 1380. The van der Waals surface area contributed by atoms with Crippen LogP contribution >= 0.6 is 0 Å². The van der Waals surface area contributed by atoms with Crippen molar-refractivity contribution in [3.8, 4) is 0 Å². The van der Waals surface area contributed by atoms with Crippen LogP contribution in [0, 0.1) is 5.82 Å². The van der Waals surface area contributed by atoms with Gasteiger partial charge < -0.3 is 9.88 Å². The van der Waals surface area contributed by atoms with Gasteiger partial charge >= 0.3 is 5.69 Å². The fourth-order valence-corrected chi connectivity index (χ4v) is 4.63. The zero-order valence-corrected chi connectivity index (χ0v) is 17.3. The van der Waals surface area contributed by atoms with Crippen molar-refractivity contribution >= 4 is 21.8 Å². The first kappa shape index (κ1) is 19.7. The van der Waals surface area contributed by atoms with Gasteiger partial charge in [-0.05, 0) is 56.3 Å². The van der Waals surface area contributed by atoms with Crippen LogP contribution in [0.1, 0.15) is 24.5 Å². The van der Waals surface area contributed by atoms with Crippen molar-refractivity contribution < 1.29 is 4.39 Å². The third-order valence-corrected chi connectivity index (χ3v) is 6.35. The average Bonchev–Trinajstić information content (AvgIpc) is 3.10. The fourth-order valence-electron chi connectivity index (χ4n) is 4.63. The molecule has 1 aliphatic rings. The van der Waals surface area contributed by atoms with Crippen molar-refractivity contribution in [2.75, 3.05) is 19.6 Å². The summed E-state index contributed by atoms with van der Waals surface area (Å²) in [6, 6.07) is 11.9. The van der Waals surface area contributed by atoms with Crippen molar-refractivity contribution in [2.24, 2.45) is 7.05 Å². The molecule has 0 unspecified atom stereocenters. The number of hydrogen-bond donors (Lipinski definition) is 1. The van der Waals surface area contributed by atoms with Crippen molar-refractivity contribution in [3.05, 3.63) is 74.8 Å². The van der Waals surface area contributed by atoms with Crippen molar-refractivity contribution in [3.63, 3.8) is 0 Å². The van der Waals surface area contributed by atoms with Gasteiger partial charge in [-0.25, -0.2) is 9.18 Å². The predicted molar refractivity (Wildman–Crippen MR) is 118 cm³/mol. The lowest BCUT2D eigenvalue weighted by Gasteiger charge is -2.31. The molecule has 2 aromatic carbocycles. The van der Waals surface area contributed by atoms with Gasteiger partial charge in [0.1, 0.15) is 5.82 Å². The van der Waals surface area contributed by atoms with E-state index in [2.05, 4.69) is 15.0 Å². The minimum Gasteiger partial charge on any atom is -0.307 e. The number of rotatable bonds is 4. The second-order valence-corrected chi connectivity index (χ2v) is 8.22. The molecule has 1 aliphatic heterocycles. The molecule has 8 heteroatoms. The Kier molecular flexibility index (Phi) is 4.94. The molecule has 7 nitrogen and oxygen atoms in total. The van der Waals surface area contributed by atoms with Crippen LogP contribution in [0.25, 0.3) is 21.8 Å². The summed E-state index contributed by atoms with van der Waals surface area (Å²) in [4.78, 5) is 30.1. The first-order chi connectivity index (χ1) is 15.0. The van der Waals surface area contributed by atoms with E-state index >= 15 is 0 Å². The number of halogens is 1. The largest absolute Gasteiger partial charge is 0.328 e. The number of nitrogens with zero attached hydrogens (tertiary/aromatic N) is 4. The first-order valence-electron chi connectivity index (χ1n) is 10.6. The van der Waals surface area contributed by atoms with Crippen molar-refractivity contribution in [1.29, 1.82) is 0 Å². The SMILES string of the molecule is Cn1nc(C2CCN(CCn3c(=O)[nH]c4ccccc4c3=O)CC2)c2ccc(F)cc21. The maximum atomic E-state index is 13.6. The molecule has 0 bridgehead atoms. The topological polar surface area (TPSA) is 75.9 Å². The molecule has 5 rings (SSSR count). The number of aryl methyl sites for hydroxylation is 1. The number of fused-ring (bicyclic) bond motifs is 2. The Hall–Kier alpha value is -3.26. The molecule has 0 aliphatic carbocycles. The number of aromatic amines is 1. The third kappa shape index (κ3) is 3.57. The zero-order valence-electron chi connectivity index (χ0n) is 17.3. The van der Waals surface area contributed by atoms with Gasteiger partial charge in [-0.15, -0.1) is 0 Å². The van der Waals surface area contributed by atoms with E-state index in [1.54, 1.807) is 28.9 Å². The molecule has 0 amide bonds. The summed E-state index contributed by atoms with van der Waals surface area (Å²) in [6.45, 7) is 2.73. The number of nitrogens with one attached hydrogen (secondary N) is 1. The minimum absolute atomic E-state index is 0.249. The molecule has 1 N–H and O–H groups in total. The van der Waals surface area contributed by atoms with E-state index in [1.807, 2.05) is 13.1 Å². The molecule has 160 valence electrons. The fraction of sp³-hybridized carbons (Fsp3) is 0.348. The van der Waals surface area contributed by atoms with Gasteiger partial charge in [-0.3, -0.25) is 14.0 Å². The maximum absolute atomic E-state index is 13.6. The van der Waals surface area contributed by atoms with Gasteiger partial charge in [-0.2, -0.15) is 5.10 Å². The van der Waals surface area contributed by atoms with Crippen LogP contribution in [0.4, 0.5) is 4.39 Å². The molecule has 4 aromatic rings. The van der Waals surface area contributed by atoms with Gasteiger partial charge in [0.15, 0.2) is 0 Å². The van der Waals surface area contributed by atoms with E-state index in [0.717, 1.165) is 42.5 Å². The Morgan fingerprint density at radius 3 is 2.65 bits per heavy atom. The summed E-state index contributed by atoms with van der Waals surface area (Å²) < 4.78 is 16.6. The summed E-state index contributed by atoms with van der Waals surface area (Å²) in [5.74, 6) is 0.0630. The molecule has 0 atom stereocenters. The highest BCUT2D eigenvalue weighted by Gasteiger charge is 2.25. The Labute approximate surface area is 177 Å². The van der Waals surface area contributed by atoms with E-state index in [-0.39, 0.29) is 17.1 Å². The van der Waals surface area contributed by atoms with E-state index < -0.39 is 0 Å². The summed E-state index contributed by atoms with van der Waals surface area (Å²) in [5.41, 5.74) is 1.79. The first-order valence-corrected chi connectivity index (χ1v) is 10.6. The maximum Gasteiger partial charge on any atom is 0.328 e. The van der Waals surface area contributed by atoms with Crippen LogP contribution in [-0.2, 0) is 13.6 Å². The number of aromatic nitrogens is 4. The predicted octanol–water partition coefficient (Wildman–Crippen LogP) is 2.60. The third-order valence-electron chi connectivity index (χ3n) is 6.35. The molecule has 1 fully saturated rings. The highest BCUT2D eigenvalue weighted by molar-refractivity contribution is 5.82. The number of para-hydroxylation sites is 1. The van der Waals surface area contributed by atoms with Crippen LogP contribution in [0.15, 0.2) is 52.1 Å². The number of hydrogen-bond acceptors (Lipinski definition) is 4. The summed E-state index contributed by atoms with van der Waals surface area (Å²) in [6.07, 6.45) is 1.87. The quantitative estimate of drug-likeness (QED) is 0.550. The molecule has 0 saturated carbocycles. The number of H-pyrrole nitrogens is 1. The van der Waals surface area contributed by atoms with Crippen LogP contribution in [0.2, 0.25) is 0 Å². The molecular weight excluding hydrogens is 397 g/mol. The van der Waals surface area contributed by atoms with Gasteiger partial charge in [-0.1, -0.05) is 12.1 Å². The molecule has 0 radical (unpaired) electrons. The van der Waals surface area contributed by atoms with Crippen LogP contribution in [0.5, 0.6) is 0 Å². The average molecular weight is 421 g/mol. The van der Waals surface area contributed by atoms with Crippen molar-refractivity contribution in [2.45, 2.75) is 25.3 Å². The second-order valence-electron chi connectivity index (χ2n) is 8.22. The molecular formula is C23H24FN5O2. The van der Waals surface area contributed by atoms with Gasteiger partial charge in [0.05, 0.1) is 22.1 Å². The monoisotopic (exact) mass is 421 g/mol. The summed E-state index contributed by atoms with van der Waals surface area (Å²) in [7, 11) is 1.85. The molecule has 0 spiro atoms. The zero-order chi connectivity index (χ0) is 21.5. The van der Waals surface area contributed by atoms with Gasteiger partial charge in [0, 0.05) is 31.4 Å². The van der Waals surface area contributed by atoms with Gasteiger partial charge in [0.25, 0.3) is 5.56 Å². The molecule has 1 saturated heterocycles. The summed E-state index contributed by atoms with van der Waals surface area (Å²) >= 11 is 0. The number of likely N-dealkylation sites (tertiary alicyclic amines) is 1. The van der Waals surface area contributed by atoms with E-state index in [1.165, 1.54) is 16.7 Å². The van der Waals surface area contributed by atoms with Crippen LogP contribution < -0.4 is 11.2 Å². The molecule has 2 aromatic heterocycles. The number of benzene rings is 2. The lowest BCUT2D eigenvalue weighted by molar-refractivity contribution is 0.202. The highest BCUT2D eigenvalue weighted by Crippen LogP contribution is 2.32. The number of piperidine rings is 1. The molecule has 31 heavy (non-hydrogen) atoms. The minimum atomic E-state index is -0.370. The van der Waals surface area contributed by atoms with E-state index in [4.69, 9.17) is 0 Å². The van der Waals surface area contributed by atoms with Crippen molar-refractivity contribution in [1.82, 2.24) is 24.2 Å². The standard InChI is InChI=1S/C23H24FN5O2/c1-27-20-14-16(24)6-7-18(20)21(26-27)15-8-10-28(11-9-15)12-13-29-22(30)17-4-2-3-5-19(17)25-23(29)31/h2-7,14-15H,8-13H2,1H3,(H,25,31). The lowest BCUT2D eigenvalue weighted by atomic mass is 9.91.